The van der Waals surface area contributed by atoms with E-state index < -0.39 is 16.2 Å². The zero-order valence-corrected chi connectivity index (χ0v) is 11.4. The van der Waals surface area contributed by atoms with Crippen molar-refractivity contribution in [2.24, 2.45) is 0 Å². The van der Waals surface area contributed by atoms with Crippen LogP contribution in [0.1, 0.15) is 5.69 Å². The maximum atomic E-state index is 11.6. The van der Waals surface area contributed by atoms with Crippen LogP contribution in [0.25, 0.3) is 10.9 Å². The molecule has 0 aliphatic heterocycles. The highest BCUT2D eigenvalue weighted by Gasteiger charge is 2.23. The Labute approximate surface area is 123 Å². The highest BCUT2D eigenvalue weighted by atomic mass is 16.6. The number of para-hydroxylation sites is 1. The maximum Gasteiger partial charge on any atom is 0.395 e. The van der Waals surface area contributed by atoms with Gasteiger partial charge in [0.25, 0.3) is 0 Å². The van der Waals surface area contributed by atoms with Gasteiger partial charge in [-0.2, -0.15) is 4.98 Å². The maximum absolute atomic E-state index is 11.6. The minimum absolute atomic E-state index is 0.294. The molecule has 0 radical (unpaired) electrons. The number of ether oxygens (including phenoxy) is 1. The third kappa shape index (κ3) is 2.37. The molecule has 0 aliphatic rings. The van der Waals surface area contributed by atoms with E-state index in [1.807, 2.05) is 25.1 Å². The predicted octanol–water partition coefficient (Wildman–Crippen LogP) is 2.33. The van der Waals surface area contributed by atoms with E-state index in [1.165, 1.54) is 0 Å². The SMILES string of the molecule is Cc1ccc2cccc(Oc3nc[nH]c(=O)c3[N+](=O)[O-])c2n1. The van der Waals surface area contributed by atoms with Crippen molar-refractivity contribution >= 4 is 16.6 Å². The molecule has 3 aromatic rings. The number of aromatic nitrogens is 3. The van der Waals surface area contributed by atoms with E-state index in [9.17, 15) is 14.9 Å². The lowest BCUT2D eigenvalue weighted by Gasteiger charge is -2.07. The van der Waals surface area contributed by atoms with Crippen LogP contribution in [0, 0.1) is 17.0 Å². The smallest absolute Gasteiger partial charge is 0.395 e. The molecule has 0 aliphatic carbocycles. The van der Waals surface area contributed by atoms with E-state index in [0.717, 1.165) is 17.4 Å². The molecule has 0 saturated heterocycles. The van der Waals surface area contributed by atoms with Crippen molar-refractivity contribution in [1.29, 1.82) is 0 Å². The zero-order valence-electron chi connectivity index (χ0n) is 11.4. The van der Waals surface area contributed by atoms with Crippen molar-refractivity contribution in [2.75, 3.05) is 0 Å². The Morgan fingerprint density at radius 2 is 2.09 bits per heavy atom. The van der Waals surface area contributed by atoms with E-state index in [0.29, 0.717) is 11.3 Å². The number of rotatable bonds is 3. The minimum atomic E-state index is -0.876. The summed E-state index contributed by atoms with van der Waals surface area (Å²) in [7, 11) is 0. The Morgan fingerprint density at radius 3 is 2.86 bits per heavy atom. The third-order valence-electron chi connectivity index (χ3n) is 3.01. The van der Waals surface area contributed by atoms with Crippen molar-refractivity contribution in [3.05, 3.63) is 62.8 Å². The fourth-order valence-corrected chi connectivity index (χ4v) is 2.02. The minimum Gasteiger partial charge on any atom is -0.431 e. The molecule has 8 heteroatoms. The summed E-state index contributed by atoms with van der Waals surface area (Å²) in [6, 6.07) is 8.90. The van der Waals surface area contributed by atoms with Gasteiger partial charge in [-0.3, -0.25) is 14.9 Å². The fourth-order valence-electron chi connectivity index (χ4n) is 2.02. The number of H-pyrrole nitrogens is 1. The Hall–Kier alpha value is -3.29. The first-order valence-corrected chi connectivity index (χ1v) is 6.32. The number of fused-ring (bicyclic) bond motifs is 1. The molecule has 0 atom stereocenters. The summed E-state index contributed by atoms with van der Waals surface area (Å²) >= 11 is 0. The number of aromatic amines is 1. The molecule has 0 amide bonds. The van der Waals surface area contributed by atoms with Crippen molar-refractivity contribution < 1.29 is 9.66 Å². The van der Waals surface area contributed by atoms with Crippen molar-refractivity contribution in [3.63, 3.8) is 0 Å². The van der Waals surface area contributed by atoms with Crippen LogP contribution >= 0.6 is 0 Å². The average molecular weight is 298 g/mol. The number of nitrogens with zero attached hydrogens (tertiary/aromatic N) is 3. The van der Waals surface area contributed by atoms with Crippen LogP contribution in [0.2, 0.25) is 0 Å². The van der Waals surface area contributed by atoms with Crippen LogP contribution < -0.4 is 10.3 Å². The van der Waals surface area contributed by atoms with E-state index in [1.54, 1.807) is 12.1 Å². The van der Waals surface area contributed by atoms with Gasteiger partial charge in [-0.25, -0.2) is 4.98 Å². The van der Waals surface area contributed by atoms with Crippen LogP contribution in [0.3, 0.4) is 0 Å². The first-order chi connectivity index (χ1) is 10.6. The lowest BCUT2D eigenvalue weighted by atomic mass is 10.2. The van der Waals surface area contributed by atoms with Gasteiger partial charge in [-0.05, 0) is 19.1 Å². The van der Waals surface area contributed by atoms with Gasteiger partial charge in [-0.1, -0.05) is 18.2 Å². The molecule has 2 heterocycles. The predicted molar refractivity (Wildman–Crippen MR) is 78.1 cm³/mol. The number of pyridine rings is 1. The molecule has 0 spiro atoms. The number of benzene rings is 1. The second-order valence-electron chi connectivity index (χ2n) is 4.53. The Morgan fingerprint density at radius 1 is 1.27 bits per heavy atom. The van der Waals surface area contributed by atoms with Gasteiger partial charge in [0.1, 0.15) is 5.52 Å². The lowest BCUT2D eigenvalue weighted by Crippen LogP contribution is -2.13. The first-order valence-electron chi connectivity index (χ1n) is 6.32. The average Bonchev–Trinajstić information content (AvgIpc) is 2.47. The summed E-state index contributed by atoms with van der Waals surface area (Å²) in [6.07, 6.45) is 1.05. The van der Waals surface area contributed by atoms with Crippen molar-refractivity contribution in [2.45, 2.75) is 6.92 Å². The monoisotopic (exact) mass is 298 g/mol. The van der Waals surface area contributed by atoms with Crippen LogP contribution in [0.4, 0.5) is 5.69 Å². The van der Waals surface area contributed by atoms with Crippen LogP contribution in [0.5, 0.6) is 11.6 Å². The second kappa shape index (κ2) is 5.24. The molecule has 0 fully saturated rings. The lowest BCUT2D eigenvalue weighted by molar-refractivity contribution is -0.387. The molecule has 1 aromatic carbocycles. The highest BCUT2D eigenvalue weighted by Crippen LogP contribution is 2.30. The van der Waals surface area contributed by atoms with Gasteiger partial charge in [0.05, 0.1) is 11.3 Å². The Bertz CT molecular complexity index is 936. The molecule has 1 N–H and O–H groups in total. The largest absolute Gasteiger partial charge is 0.431 e. The van der Waals surface area contributed by atoms with Gasteiger partial charge in [-0.15, -0.1) is 0 Å². The molecule has 2 aromatic heterocycles. The second-order valence-corrected chi connectivity index (χ2v) is 4.53. The summed E-state index contributed by atoms with van der Waals surface area (Å²) in [5, 5.41) is 11.8. The van der Waals surface area contributed by atoms with Crippen LogP contribution in [-0.4, -0.2) is 19.9 Å². The van der Waals surface area contributed by atoms with Crippen molar-refractivity contribution in [3.8, 4) is 11.6 Å². The van der Waals surface area contributed by atoms with E-state index >= 15 is 0 Å². The van der Waals surface area contributed by atoms with Gasteiger partial charge < -0.3 is 9.72 Å². The molecule has 22 heavy (non-hydrogen) atoms. The number of nitro groups is 1. The molecule has 8 nitrogen and oxygen atoms in total. The van der Waals surface area contributed by atoms with E-state index in [4.69, 9.17) is 4.74 Å². The summed E-state index contributed by atoms with van der Waals surface area (Å²) in [6.45, 7) is 1.82. The number of hydrogen-bond acceptors (Lipinski definition) is 6. The molecule has 0 bridgehead atoms. The first kappa shape index (κ1) is 13.7. The third-order valence-corrected chi connectivity index (χ3v) is 3.01. The van der Waals surface area contributed by atoms with Crippen LogP contribution in [-0.2, 0) is 0 Å². The highest BCUT2D eigenvalue weighted by molar-refractivity contribution is 5.84. The van der Waals surface area contributed by atoms with E-state index in [2.05, 4.69) is 15.0 Å². The number of hydrogen-bond donors (Lipinski definition) is 1. The molecular weight excluding hydrogens is 288 g/mol. The Kier molecular flexibility index (Phi) is 3.26. The fraction of sp³-hybridized carbons (Fsp3) is 0.0714. The molecule has 0 saturated carbocycles. The van der Waals surface area contributed by atoms with Gasteiger partial charge in [0, 0.05) is 11.1 Å². The molecule has 3 rings (SSSR count). The van der Waals surface area contributed by atoms with Crippen molar-refractivity contribution in [1.82, 2.24) is 15.0 Å². The standard InChI is InChI=1S/C14H10N4O4/c1-8-5-6-9-3-2-4-10(11(9)17-8)22-14-12(18(20)21)13(19)15-7-16-14/h2-7H,1H3,(H,15,16,19). The molecule has 110 valence electrons. The van der Waals surface area contributed by atoms with Crippen LogP contribution in [0.15, 0.2) is 41.5 Å². The zero-order chi connectivity index (χ0) is 15.7. The normalized spacial score (nSPS) is 10.6. The Balaban J connectivity index is 2.16. The van der Waals surface area contributed by atoms with Gasteiger partial charge in [0.2, 0.25) is 0 Å². The summed E-state index contributed by atoms with van der Waals surface area (Å²) in [4.78, 5) is 32.0. The summed E-state index contributed by atoms with van der Waals surface area (Å²) in [5.74, 6) is -0.0769. The number of nitrogens with one attached hydrogen (secondary N) is 1. The molecule has 0 unspecified atom stereocenters. The summed E-state index contributed by atoms with van der Waals surface area (Å²) in [5.41, 5.74) is -0.303. The summed E-state index contributed by atoms with van der Waals surface area (Å²) < 4.78 is 5.48. The van der Waals surface area contributed by atoms with Gasteiger partial charge >= 0.3 is 17.1 Å². The topological polar surface area (TPSA) is 111 Å². The molecular formula is C14H10N4O4. The number of aryl methyl sites for hydroxylation is 1. The van der Waals surface area contributed by atoms with E-state index in [-0.39, 0.29) is 5.88 Å². The quantitative estimate of drug-likeness (QED) is 0.586. The van der Waals surface area contributed by atoms with Gasteiger partial charge in [0.15, 0.2) is 5.75 Å².